The van der Waals surface area contributed by atoms with E-state index in [1.165, 1.54) is 34.3 Å². The number of hydrogen-bond donors (Lipinski definition) is 1. The number of halogens is 1. The number of benzene rings is 2. The second-order valence-corrected chi connectivity index (χ2v) is 18.8. The summed E-state index contributed by atoms with van der Waals surface area (Å²) in [7, 11) is 1.07. The maximum Gasteiger partial charge on any atom is 0.286 e. The lowest BCUT2D eigenvalue weighted by atomic mass is 9.67. The van der Waals surface area contributed by atoms with E-state index >= 15 is 4.21 Å². The van der Waals surface area contributed by atoms with Gasteiger partial charge in [-0.3, -0.25) is 28.7 Å². The monoisotopic (exact) mass is 824 g/mol. The summed E-state index contributed by atoms with van der Waals surface area (Å²) in [5, 5.41) is 6.42. The number of aryl methyl sites for hydroxylation is 2. The Hall–Kier alpha value is -3.73. The highest BCUT2D eigenvalue weighted by Crippen LogP contribution is 2.48. The van der Waals surface area contributed by atoms with Crippen LogP contribution in [0.2, 0.25) is 5.02 Å². The molecule has 2 amide bonds. The normalized spacial score (nSPS) is 31.5. The van der Waals surface area contributed by atoms with Gasteiger partial charge in [-0.2, -0.15) is 0 Å². The summed E-state index contributed by atoms with van der Waals surface area (Å²) in [6.45, 7) is 6.61. The van der Waals surface area contributed by atoms with Crippen LogP contribution in [-0.4, -0.2) is 96.1 Å². The van der Waals surface area contributed by atoms with Gasteiger partial charge in [0, 0.05) is 55.4 Å². The highest BCUT2D eigenvalue weighted by Gasteiger charge is 2.47. The lowest BCUT2D eigenvalue weighted by Gasteiger charge is -2.46. The highest BCUT2D eigenvalue weighted by atomic mass is 35.5. The zero-order valence-electron chi connectivity index (χ0n) is 33.3. The van der Waals surface area contributed by atoms with Crippen LogP contribution in [0, 0.1) is 23.7 Å². The number of anilines is 1. The molecule has 8 rings (SSSR count). The van der Waals surface area contributed by atoms with Gasteiger partial charge in [0.15, 0.2) is 0 Å². The predicted octanol–water partition coefficient (Wildman–Crippen LogP) is 5.77. The first kappa shape index (κ1) is 40.1. The van der Waals surface area contributed by atoms with Crippen LogP contribution in [-0.2, 0) is 43.2 Å². The first-order valence-corrected chi connectivity index (χ1v) is 22.1. The molecule has 1 N–H and O–H groups in total. The summed E-state index contributed by atoms with van der Waals surface area (Å²) >= 11 is 6.50. The topological polar surface area (TPSA) is 146 Å². The fourth-order valence-electron chi connectivity index (χ4n) is 9.86. The van der Waals surface area contributed by atoms with Gasteiger partial charge in [-0.1, -0.05) is 29.8 Å². The largest absolute Gasteiger partial charge is 0.490 e. The molecule has 14 nitrogen and oxygen atoms in total. The van der Waals surface area contributed by atoms with Crippen LogP contribution in [0.1, 0.15) is 77.8 Å². The standard InChI is InChI=1S/C41H53ClN6O8S/c1-6-55-48-20-29-18-36(52-4)31-12-9-28(31)19-47-23-41(15-7-8-26-16-30(42)11-13-33(26)41)24-54-35-14-10-27(17-34(35)47)38(49)44-57(51,22-25(2)37(29)56-48)45-39(50)32-21-46(3)43-40(32)53-5/h10-11,13-14,16-17,21,25,28-29,31,36-37H,6-9,12,15,18-20,22-24H2,1-5H3,(H,44,45,49,50,51)/t25-,28+,29+,31-,36+,37-,41+,57?/m1/s1. The summed E-state index contributed by atoms with van der Waals surface area (Å²) in [6, 6.07) is 11.5. The Kier molecular flexibility index (Phi) is 11.3. The van der Waals surface area contributed by atoms with Gasteiger partial charge in [0.05, 0.1) is 50.5 Å². The van der Waals surface area contributed by atoms with E-state index in [0.717, 1.165) is 49.4 Å². The fraction of sp³-hybridized carbons (Fsp3) is 0.585. The molecule has 2 aromatic carbocycles. The summed E-state index contributed by atoms with van der Waals surface area (Å²) in [6.07, 6.45) is 6.65. The minimum absolute atomic E-state index is 0.0566. The molecule has 57 heavy (non-hydrogen) atoms. The molecule has 1 aromatic heterocycles. The first-order chi connectivity index (χ1) is 27.4. The molecule has 2 aliphatic carbocycles. The number of ether oxygens (including phenoxy) is 3. The molecule has 1 saturated carbocycles. The van der Waals surface area contributed by atoms with E-state index in [9.17, 15) is 9.59 Å². The number of nitrogens with zero attached hydrogens (tertiary/aromatic N) is 5. The molecule has 2 bridgehead atoms. The smallest absolute Gasteiger partial charge is 0.286 e. The second kappa shape index (κ2) is 16.1. The van der Waals surface area contributed by atoms with Crippen molar-refractivity contribution in [3.63, 3.8) is 0 Å². The first-order valence-electron chi connectivity index (χ1n) is 20.0. The number of amides is 2. The van der Waals surface area contributed by atoms with Crippen molar-refractivity contribution in [2.45, 2.75) is 70.0 Å². The summed E-state index contributed by atoms with van der Waals surface area (Å²) < 4.78 is 41.9. The molecule has 3 aliphatic heterocycles. The third-order valence-electron chi connectivity index (χ3n) is 12.7. The molecule has 3 aromatic rings. The number of hydrogen-bond acceptors (Lipinski definition) is 11. The number of fused-ring (bicyclic) bond motifs is 5. The van der Waals surface area contributed by atoms with Crippen LogP contribution in [0.15, 0.2) is 47.0 Å². The van der Waals surface area contributed by atoms with Crippen molar-refractivity contribution in [1.29, 1.82) is 0 Å². The number of hydroxylamine groups is 2. The van der Waals surface area contributed by atoms with E-state index in [1.54, 1.807) is 20.2 Å². The molecule has 1 unspecified atom stereocenters. The van der Waals surface area contributed by atoms with Crippen LogP contribution in [0.25, 0.3) is 0 Å². The number of carbonyl (C=O) groups excluding carboxylic acids is 2. The maximum absolute atomic E-state index is 15.1. The van der Waals surface area contributed by atoms with Gasteiger partial charge in [0.2, 0.25) is 5.88 Å². The van der Waals surface area contributed by atoms with Crippen molar-refractivity contribution in [2.24, 2.45) is 35.1 Å². The van der Waals surface area contributed by atoms with Crippen molar-refractivity contribution in [3.8, 4) is 11.6 Å². The number of methoxy groups -OCH3 is 2. The van der Waals surface area contributed by atoms with Gasteiger partial charge in [0.25, 0.3) is 11.8 Å². The van der Waals surface area contributed by atoms with E-state index in [0.29, 0.717) is 50.3 Å². The Morgan fingerprint density at radius 1 is 1.14 bits per heavy atom. The zero-order chi connectivity index (χ0) is 40.1. The number of nitrogens with one attached hydrogen (secondary N) is 1. The van der Waals surface area contributed by atoms with Crippen LogP contribution >= 0.6 is 11.6 Å². The Morgan fingerprint density at radius 2 is 1.98 bits per heavy atom. The van der Waals surface area contributed by atoms with E-state index in [4.69, 9.17) is 35.5 Å². The fourth-order valence-corrected chi connectivity index (χ4v) is 11.9. The molecule has 308 valence electrons. The molecular formula is C41H53ClN6O8S. The summed E-state index contributed by atoms with van der Waals surface area (Å²) in [5.41, 5.74) is 3.31. The molecule has 0 radical (unpaired) electrons. The third-order valence-corrected chi connectivity index (χ3v) is 14.8. The van der Waals surface area contributed by atoms with Crippen molar-refractivity contribution in [2.75, 3.05) is 57.7 Å². The minimum atomic E-state index is -3.77. The molecule has 8 atom stereocenters. The zero-order valence-corrected chi connectivity index (χ0v) is 34.9. The van der Waals surface area contributed by atoms with Crippen molar-refractivity contribution in [3.05, 3.63) is 69.9 Å². The molecule has 16 heteroatoms. The number of aromatic nitrogens is 2. The lowest BCUT2D eigenvalue weighted by molar-refractivity contribution is -0.355. The Morgan fingerprint density at radius 3 is 2.74 bits per heavy atom. The summed E-state index contributed by atoms with van der Waals surface area (Å²) in [5.74, 6) is -0.715. The quantitative estimate of drug-likeness (QED) is 0.323. The van der Waals surface area contributed by atoms with Crippen molar-refractivity contribution < 1.29 is 37.7 Å². The lowest BCUT2D eigenvalue weighted by Crippen LogP contribution is -2.50. The van der Waals surface area contributed by atoms with Crippen molar-refractivity contribution >= 4 is 39.0 Å². The highest BCUT2D eigenvalue weighted by molar-refractivity contribution is 7.92. The SMILES string of the molecule is CCON1C[C@@H]2C[C@H](OC)[C@@H]3CC[C@H]3CN3C[C@@]4(CCCc5cc(Cl)ccc54)COc4ccc(cc43)C(=O)N=S(=O)(NC(=O)c3cn(C)nc3OC)C[C@@H](C)[C@H]2O1. The van der Waals surface area contributed by atoms with E-state index in [-0.39, 0.29) is 40.2 Å². The van der Waals surface area contributed by atoms with Crippen LogP contribution in [0.5, 0.6) is 11.6 Å². The van der Waals surface area contributed by atoms with Gasteiger partial charge in [-0.05, 0) is 105 Å². The molecule has 4 heterocycles. The molecule has 1 saturated heterocycles. The Bertz CT molecular complexity index is 2140. The Balaban J connectivity index is 1.22. The molecule has 2 fully saturated rings. The van der Waals surface area contributed by atoms with Gasteiger partial charge in [-0.15, -0.1) is 9.46 Å². The second-order valence-electron chi connectivity index (χ2n) is 16.4. The molecular weight excluding hydrogens is 772 g/mol. The Labute approximate surface area is 339 Å². The van der Waals surface area contributed by atoms with Crippen molar-refractivity contribution in [1.82, 2.24) is 19.7 Å². The minimum Gasteiger partial charge on any atom is -0.490 e. The molecule has 1 spiro atoms. The van der Waals surface area contributed by atoms with E-state index < -0.39 is 33.8 Å². The van der Waals surface area contributed by atoms with Gasteiger partial charge < -0.3 is 19.1 Å². The summed E-state index contributed by atoms with van der Waals surface area (Å²) in [4.78, 5) is 42.7. The van der Waals surface area contributed by atoms with Crippen LogP contribution in [0.4, 0.5) is 5.69 Å². The predicted molar refractivity (Wildman–Crippen MR) is 215 cm³/mol. The van der Waals surface area contributed by atoms with Gasteiger partial charge >= 0.3 is 0 Å². The molecule has 5 aliphatic rings. The van der Waals surface area contributed by atoms with Crippen LogP contribution in [0.3, 0.4) is 0 Å². The average Bonchev–Trinajstić information content (AvgIpc) is 3.72. The van der Waals surface area contributed by atoms with Crippen LogP contribution < -0.4 is 19.1 Å². The van der Waals surface area contributed by atoms with Gasteiger partial charge in [-0.25, -0.2) is 4.21 Å². The maximum atomic E-state index is 15.1. The average molecular weight is 825 g/mol. The number of carbonyl (C=O) groups is 2. The number of rotatable bonds is 6. The van der Waals surface area contributed by atoms with Gasteiger partial charge in [0.1, 0.15) is 21.2 Å². The van der Waals surface area contributed by atoms with E-state index in [2.05, 4.69) is 31.2 Å². The third kappa shape index (κ3) is 7.90. The van der Waals surface area contributed by atoms with E-state index in [1.807, 2.05) is 32.0 Å².